The molecule has 2 rings (SSSR count). The molecule has 0 spiro atoms. The maximum atomic E-state index is 13.8. The van der Waals surface area contributed by atoms with Crippen LogP contribution < -0.4 is 4.74 Å². The van der Waals surface area contributed by atoms with Gasteiger partial charge in [-0.1, -0.05) is 6.92 Å². The van der Waals surface area contributed by atoms with Crippen LogP contribution in [-0.4, -0.2) is 15.0 Å². The van der Waals surface area contributed by atoms with E-state index < -0.39 is 5.82 Å². The van der Waals surface area contributed by atoms with Crippen molar-refractivity contribution in [2.75, 3.05) is 0 Å². The molecule has 2 aromatic heterocycles. The van der Waals surface area contributed by atoms with Crippen molar-refractivity contribution < 1.29 is 9.13 Å². The topological polar surface area (TPSA) is 47.9 Å². The van der Waals surface area contributed by atoms with Crippen molar-refractivity contribution in [1.82, 2.24) is 15.0 Å². The average Bonchev–Trinajstić information content (AvgIpc) is 2.35. The minimum Gasteiger partial charge on any atom is -0.435 e. The molecule has 2 aromatic rings. The van der Waals surface area contributed by atoms with Crippen molar-refractivity contribution in [2.24, 2.45) is 0 Å². The van der Waals surface area contributed by atoms with E-state index in [0.717, 1.165) is 0 Å². The second-order valence-electron chi connectivity index (χ2n) is 3.21. The number of rotatable bonds is 3. The molecule has 0 saturated heterocycles. The molecule has 0 aliphatic carbocycles. The molecule has 0 N–H and O–H groups in total. The van der Waals surface area contributed by atoms with Gasteiger partial charge in [0.05, 0.1) is 11.9 Å². The van der Waals surface area contributed by atoms with E-state index in [1.165, 1.54) is 12.5 Å². The Bertz CT molecular complexity index is 519. The number of hydrogen-bond donors (Lipinski definition) is 0. The molecule has 0 unspecified atom stereocenters. The lowest BCUT2D eigenvalue weighted by Gasteiger charge is -2.06. The molecule has 0 bridgehead atoms. The van der Waals surface area contributed by atoms with Crippen LogP contribution >= 0.6 is 15.9 Å². The maximum Gasteiger partial charge on any atom is 0.259 e. The number of halogens is 2. The zero-order chi connectivity index (χ0) is 12.3. The van der Waals surface area contributed by atoms with E-state index in [0.29, 0.717) is 22.5 Å². The average molecular weight is 298 g/mol. The third-order valence-corrected chi connectivity index (χ3v) is 2.55. The zero-order valence-corrected chi connectivity index (χ0v) is 10.6. The predicted molar refractivity (Wildman–Crippen MR) is 63.4 cm³/mol. The van der Waals surface area contributed by atoms with Gasteiger partial charge in [-0.2, -0.15) is 9.37 Å². The first-order valence-corrected chi connectivity index (χ1v) is 5.78. The van der Waals surface area contributed by atoms with Crippen LogP contribution in [0.5, 0.6) is 11.6 Å². The van der Waals surface area contributed by atoms with Gasteiger partial charge < -0.3 is 4.74 Å². The SMILES string of the molecule is CCc1ncnc(Oc2ccc(Br)nc2)c1F. The number of aromatic nitrogens is 3. The summed E-state index contributed by atoms with van der Waals surface area (Å²) in [7, 11) is 0. The predicted octanol–water partition coefficient (Wildman–Crippen LogP) is 3.13. The summed E-state index contributed by atoms with van der Waals surface area (Å²) in [6.07, 6.45) is 3.25. The van der Waals surface area contributed by atoms with E-state index in [1.54, 1.807) is 12.1 Å². The molecule has 0 aromatic carbocycles. The Balaban J connectivity index is 2.27. The van der Waals surface area contributed by atoms with Crippen LogP contribution in [0.4, 0.5) is 4.39 Å². The lowest BCUT2D eigenvalue weighted by Crippen LogP contribution is -1.99. The molecule has 88 valence electrons. The summed E-state index contributed by atoms with van der Waals surface area (Å²) in [5.41, 5.74) is 0.333. The van der Waals surface area contributed by atoms with Crippen LogP contribution in [0.15, 0.2) is 29.3 Å². The molecule has 4 nitrogen and oxygen atoms in total. The molecule has 0 aliphatic heterocycles. The monoisotopic (exact) mass is 297 g/mol. The van der Waals surface area contributed by atoms with Gasteiger partial charge in [0, 0.05) is 0 Å². The van der Waals surface area contributed by atoms with Gasteiger partial charge in [0.2, 0.25) is 5.82 Å². The van der Waals surface area contributed by atoms with Crippen LogP contribution in [0.3, 0.4) is 0 Å². The van der Waals surface area contributed by atoms with Gasteiger partial charge in [0.15, 0.2) is 0 Å². The van der Waals surface area contributed by atoms with Crippen molar-refractivity contribution >= 4 is 15.9 Å². The van der Waals surface area contributed by atoms with E-state index in [1.807, 2.05) is 6.92 Å². The minimum atomic E-state index is -0.530. The van der Waals surface area contributed by atoms with Crippen molar-refractivity contribution in [3.8, 4) is 11.6 Å². The molecule has 0 atom stereocenters. The number of pyridine rings is 1. The Labute approximate surface area is 106 Å². The summed E-state index contributed by atoms with van der Waals surface area (Å²) in [6, 6.07) is 3.37. The van der Waals surface area contributed by atoms with E-state index >= 15 is 0 Å². The Morgan fingerprint density at radius 2 is 2.12 bits per heavy atom. The first-order valence-electron chi connectivity index (χ1n) is 4.99. The Hall–Kier alpha value is -1.56. The van der Waals surface area contributed by atoms with E-state index in [2.05, 4.69) is 30.9 Å². The van der Waals surface area contributed by atoms with Gasteiger partial charge >= 0.3 is 0 Å². The minimum absolute atomic E-state index is 0.0824. The molecule has 0 amide bonds. The summed E-state index contributed by atoms with van der Waals surface area (Å²) in [4.78, 5) is 11.6. The Morgan fingerprint density at radius 3 is 2.76 bits per heavy atom. The molecule has 0 fully saturated rings. The highest BCUT2D eigenvalue weighted by Gasteiger charge is 2.11. The summed E-state index contributed by atoms with van der Waals surface area (Å²) >= 11 is 3.20. The largest absolute Gasteiger partial charge is 0.435 e. The first kappa shape index (κ1) is 11.9. The molecule has 2 heterocycles. The molecule has 0 saturated carbocycles. The molecular weight excluding hydrogens is 289 g/mol. The van der Waals surface area contributed by atoms with Gasteiger partial charge in [-0.25, -0.2) is 9.97 Å². The van der Waals surface area contributed by atoms with Crippen LogP contribution in [-0.2, 0) is 6.42 Å². The van der Waals surface area contributed by atoms with E-state index in [4.69, 9.17) is 4.74 Å². The highest BCUT2D eigenvalue weighted by atomic mass is 79.9. The normalized spacial score (nSPS) is 10.3. The van der Waals surface area contributed by atoms with Gasteiger partial charge in [0.25, 0.3) is 5.88 Å². The Morgan fingerprint density at radius 1 is 1.29 bits per heavy atom. The standard InChI is InChI=1S/C11H9BrFN3O/c1-2-8-10(13)11(16-6-15-8)17-7-3-4-9(12)14-5-7/h3-6H,2H2,1H3. The number of nitrogens with zero attached hydrogens (tertiary/aromatic N) is 3. The van der Waals surface area contributed by atoms with Crippen molar-refractivity contribution in [1.29, 1.82) is 0 Å². The van der Waals surface area contributed by atoms with Crippen molar-refractivity contribution in [3.63, 3.8) is 0 Å². The summed E-state index contributed by atoms with van der Waals surface area (Å²) in [5.74, 6) is -0.188. The Kier molecular flexibility index (Phi) is 3.63. The molecular formula is C11H9BrFN3O. The highest BCUT2D eigenvalue weighted by molar-refractivity contribution is 9.10. The highest BCUT2D eigenvalue weighted by Crippen LogP contribution is 2.23. The number of hydrogen-bond acceptors (Lipinski definition) is 4. The smallest absolute Gasteiger partial charge is 0.259 e. The third kappa shape index (κ3) is 2.76. The third-order valence-electron chi connectivity index (χ3n) is 2.08. The van der Waals surface area contributed by atoms with Gasteiger partial charge in [-0.3, -0.25) is 0 Å². The van der Waals surface area contributed by atoms with Crippen LogP contribution in [0.2, 0.25) is 0 Å². The summed E-state index contributed by atoms with van der Waals surface area (Å²) < 4.78 is 19.7. The maximum absolute atomic E-state index is 13.8. The lowest BCUT2D eigenvalue weighted by molar-refractivity contribution is 0.413. The number of ether oxygens (including phenoxy) is 1. The van der Waals surface area contributed by atoms with Gasteiger partial charge in [0.1, 0.15) is 16.7 Å². The molecule has 0 radical (unpaired) electrons. The fourth-order valence-electron chi connectivity index (χ4n) is 1.24. The molecule has 6 heteroatoms. The zero-order valence-electron chi connectivity index (χ0n) is 9.02. The summed E-state index contributed by atoms with van der Waals surface area (Å²) in [6.45, 7) is 1.82. The number of aryl methyl sites for hydroxylation is 1. The molecule has 17 heavy (non-hydrogen) atoms. The van der Waals surface area contributed by atoms with Crippen molar-refractivity contribution in [2.45, 2.75) is 13.3 Å². The fourth-order valence-corrected chi connectivity index (χ4v) is 1.47. The second kappa shape index (κ2) is 5.18. The molecule has 0 aliphatic rings. The first-order chi connectivity index (χ1) is 8.20. The van der Waals surface area contributed by atoms with Gasteiger partial charge in [-0.15, -0.1) is 0 Å². The van der Waals surface area contributed by atoms with Crippen molar-refractivity contribution in [3.05, 3.63) is 40.8 Å². The van der Waals surface area contributed by atoms with Gasteiger partial charge in [-0.05, 0) is 34.5 Å². The second-order valence-corrected chi connectivity index (χ2v) is 4.02. The lowest BCUT2D eigenvalue weighted by atomic mass is 10.3. The quantitative estimate of drug-likeness (QED) is 0.817. The van der Waals surface area contributed by atoms with Crippen LogP contribution in [0.1, 0.15) is 12.6 Å². The van der Waals surface area contributed by atoms with Crippen LogP contribution in [0, 0.1) is 5.82 Å². The fraction of sp³-hybridized carbons (Fsp3) is 0.182. The van der Waals surface area contributed by atoms with Crippen LogP contribution in [0.25, 0.3) is 0 Å². The van der Waals surface area contributed by atoms with E-state index in [-0.39, 0.29) is 5.88 Å². The van der Waals surface area contributed by atoms with E-state index in [9.17, 15) is 4.39 Å². The summed E-state index contributed by atoms with van der Waals surface area (Å²) in [5, 5.41) is 0.